The van der Waals surface area contributed by atoms with Crippen molar-refractivity contribution < 1.29 is 19.5 Å². The van der Waals surface area contributed by atoms with Gasteiger partial charge in [-0.3, -0.25) is 4.79 Å². The SMILES string of the molecule is CC(=O)/C(=N\OCC(=O)O)c1csc(N)n1. The Morgan fingerprint density at radius 2 is 2.38 bits per heavy atom. The van der Waals surface area contributed by atoms with Crippen LogP contribution in [-0.2, 0) is 14.4 Å². The second-order valence-electron chi connectivity index (χ2n) is 2.73. The molecule has 7 nitrogen and oxygen atoms in total. The van der Waals surface area contributed by atoms with Gasteiger partial charge in [-0.15, -0.1) is 11.3 Å². The van der Waals surface area contributed by atoms with E-state index in [1.807, 2.05) is 0 Å². The average molecular weight is 243 g/mol. The van der Waals surface area contributed by atoms with Gasteiger partial charge in [0.25, 0.3) is 0 Å². The monoisotopic (exact) mass is 243 g/mol. The van der Waals surface area contributed by atoms with Crippen LogP contribution in [0.2, 0.25) is 0 Å². The van der Waals surface area contributed by atoms with Crippen LogP contribution in [0.15, 0.2) is 10.5 Å². The molecule has 0 saturated carbocycles. The van der Waals surface area contributed by atoms with E-state index in [1.54, 1.807) is 5.38 Å². The second kappa shape index (κ2) is 5.21. The van der Waals surface area contributed by atoms with Gasteiger partial charge < -0.3 is 15.7 Å². The standard InChI is InChI=1S/C8H9N3O4S/c1-4(12)7(11-15-2-6(13)14)5-3-16-8(9)10-5/h3H,2H2,1H3,(H2,9,10)(H,13,14)/b11-7+. The number of anilines is 1. The van der Waals surface area contributed by atoms with Crippen molar-refractivity contribution in [3.8, 4) is 0 Å². The number of rotatable bonds is 5. The molecule has 1 aromatic heterocycles. The topological polar surface area (TPSA) is 115 Å². The maximum atomic E-state index is 11.2. The first-order valence-electron chi connectivity index (χ1n) is 4.14. The molecular formula is C8H9N3O4S. The molecule has 0 aliphatic heterocycles. The first-order valence-corrected chi connectivity index (χ1v) is 5.02. The third kappa shape index (κ3) is 3.31. The van der Waals surface area contributed by atoms with E-state index in [9.17, 15) is 9.59 Å². The van der Waals surface area contributed by atoms with E-state index < -0.39 is 12.6 Å². The van der Waals surface area contributed by atoms with Crippen molar-refractivity contribution in [2.45, 2.75) is 6.92 Å². The number of hydrogen-bond acceptors (Lipinski definition) is 7. The number of carbonyl (C=O) groups is 2. The number of aromatic nitrogens is 1. The summed E-state index contributed by atoms with van der Waals surface area (Å²) in [7, 11) is 0. The first kappa shape index (κ1) is 12.1. The second-order valence-corrected chi connectivity index (χ2v) is 3.62. The molecule has 0 bridgehead atoms. The highest BCUT2D eigenvalue weighted by atomic mass is 32.1. The van der Waals surface area contributed by atoms with Gasteiger partial charge in [0.1, 0.15) is 5.69 Å². The molecule has 0 aliphatic rings. The summed E-state index contributed by atoms with van der Waals surface area (Å²) in [5.41, 5.74) is 5.63. The van der Waals surface area contributed by atoms with Crippen molar-refractivity contribution in [1.29, 1.82) is 0 Å². The van der Waals surface area contributed by atoms with Gasteiger partial charge in [0.15, 0.2) is 16.6 Å². The Labute approximate surface area is 94.5 Å². The van der Waals surface area contributed by atoms with Crippen LogP contribution in [0.3, 0.4) is 0 Å². The van der Waals surface area contributed by atoms with Gasteiger partial charge in [-0.2, -0.15) is 0 Å². The molecule has 86 valence electrons. The fourth-order valence-corrected chi connectivity index (χ4v) is 1.39. The fraction of sp³-hybridized carbons (Fsp3) is 0.250. The van der Waals surface area contributed by atoms with Gasteiger partial charge in [0, 0.05) is 12.3 Å². The zero-order chi connectivity index (χ0) is 12.1. The van der Waals surface area contributed by atoms with E-state index in [2.05, 4.69) is 15.0 Å². The molecule has 0 aliphatic carbocycles. The van der Waals surface area contributed by atoms with E-state index in [4.69, 9.17) is 10.8 Å². The van der Waals surface area contributed by atoms with Crippen LogP contribution in [0.5, 0.6) is 0 Å². The summed E-state index contributed by atoms with van der Waals surface area (Å²) in [6.07, 6.45) is 0. The number of oxime groups is 1. The van der Waals surface area contributed by atoms with Crippen molar-refractivity contribution in [3.63, 3.8) is 0 Å². The lowest BCUT2D eigenvalue weighted by Gasteiger charge is -1.98. The number of nitrogens with two attached hydrogens (primary N) is 1. The zero-order valence-corrected chi connectivity index (χ0v) is 9.15. The number of thiazole rings is 1. The Kier molecular flexibility index (Phi) is 3.95. The molecular weight excluding hydrogens is 234 g/mol. The Morgan fingerprint density at radius 1 is 1.69 bits per heavy atom. The summed E-state index contributed by atoms with van der Waals surface area (Å²) >= 11 is 1.15. The minimum Gasteiger partial charge on any atom is -0.479 e. The average Bonchev–Trinajstić information content (AvgIpc) is 2.58. The summed E-state index contributed by atoms with van der Waals surface area (Å²) < 4.78 is 0. The van der Waals surface area contributed by atoms with Crippen LogP contribution in [-0.4, -0.2) is 34.2 Å². The Morgan fingerprint density at radius 3 is 2.81 bits per heavy atom. The van der Waals surface area contributed by atoms with Gasteiger partial charge in [-0.1, -0.05) is 5.16 Å². The minimum absolute atomic E-state index is 0.0470. The molecule has 0 aromatic carbocycles. The molecule has 0 saturated heterocycles. The van der Waals surface area contributed by atoms with Crippen LogP contribution in [0.25, 0.3) is 0 Å². The molecule has 0 fully saturated rings. The molecule has 3 N–H and O–H groups in total. The van der Waals surface area contributed by atoms with Crippen molar-refractivity contribution in [3.05, 3.63) is 11.1 Å². The number of nitrogens with zero attached hydrogens (tertiary/aromatic N) is 2. The van der Waals surface area contributed by atoms with Crippen LogP contribution in [0.1, 0.15) is 12.6 Å². The highest BCUT2D eigenvalue weighted by Crippen LogP contribution is 2.12. The Balaban J connectivity index is 2.83. The largest absolute Gasteiger partial charge is 0.479 e. The normalized spacial score (nSPS) is 11.2. The summed E-state index contributed by atoms with van der Waals surface area (Å²) in [5, 5.41) is 13.6. The molecule has 16 heavy (non-hydrogen) atoms. The molecule has 0 spiro atoms. The van der Waals surface area contributed by atoms with Crippen molar-refractivity contribution in [1.82, 2.24) is 4.98 Å². The summed E-state index contributed by atoms with van der Waals surface area (Å²) in [5.74, 6) is -1.56. The molecule has 0 atom stereocenters. The van der Waals surface area contributed by atoms with E-state index in [0.29, 0.717) is 5.13 Å². The predicted molar refractivity (Wildman–Crippen MR) is 57.3 cm³/mol. The summed E-state index contributed by atoms with van der Waals surface area (Å²) in [6, 6.07) is 0. The first-order chi connectivity index (χ1) is 7.50. The van der Waals surface area contributed by atoms with Crippen molar-refractivity contribution in [2.24, 2.45) is 5.16 Å². The molecule has 0 radical (unpaired) electrons. The lowest BCUT2D eigenvalue weighted by Crippen LogP contribution is -2.14. The van der Waals surface area contributed by atoms with Gasteiger partial charge in [0.05, 0.1) is 0 Å². The fourth-order valence-electron chi connectivity index (χ4n) is 0.840. The number of ketones is 1. The van der Waals surface area contributed by atoms with Crippen LogP contribution in [0.4, 0.5) is 5.13 Å². The van der Waals surface area contributed by atoms with Gasteiger partial charge in [-0.05, 0) is 0 Å². The van der Waals surface area contributed by atoms with Crippen molar-refractivity contribution >= 4 is 33.9 Å². The summed E-state index contributed by atoms with van der Waals surface area (Å²) in [4.78, 5) is 29.7. The van der Waals surface area contributed by atoms with Crippen LogP contribution >= 0.6 is 11.3 Å². The predicted octanol–water partition coefficient (Wildman–Crippen LogP) is 0.120. The maximum absolute atomic E-state index is 11.2. The van der Waals surface area contributed by atoms with E-state index in [0.717, 1.165) is 11.3 Å². The summed E-state index contributed by atoms with van der Waals surface area (Å²) in [6.45, 7) is 0.662. The number of carboxylic acids is 1. The highest BCUT2D eigenvalue weighted by Gasteiger charge is 2.14. The number of Topliss-reactive ketones (excluding diaryl/α,β-unsaturated/α-hetero) is 1. The minimum atomic E-state index is -1.18. The van der Waals surface area contributed by atoms with Crippen LogP contribution < -0.4 is 5.73 Å². The van der Waals surface area contributed by atoms with E-state index in [1.165, 1.54) is 6.92 Å². The van der Waals surface area contributed by atoms with Gasteiger partial charge >= 0.3 is 5.97 Å². The number of carboxylic acid groups (broad SMARTS) is 1. The van der Waals surface area contributed by atoms with Gasteiger partial charge in [0.2, 0.25) is 6.61 Å². The molecule has 1 aromatic rings. The molecule has 1 rings (SSSR count). The zero-order valence-electron chi connectivity index (χ0n) is 8.34. The number of hydrogen-bond donors (Lipinski definition) is 2. The maximum Gasteiger partial charge on any atom is 0.344 e. The lowest BCUT2D eigenvalue weighted by atomic mass is 10.2. The highest BCUT2D eigenvalue weighted by molar-refractivity contribution is 7.13. The smallest absolute Gasteiger partial charge is 0.344 e. The molecule has 8 heteroatoms. The van der Waals surface area contributed by atoms with Gasteiger partial charge in [-0.25, -0.2) is 9.78 Å². The molecule has 0 unspecified atom stereocenters. The Hall–Kier alpha value is -1.96. The van der Waals surface area contributed by atoms with Crippen LogP contribution in [0, 0.1) is 0 Å². The quantitative estimate of drug-likeness (QED) is 0.560. The lowest BCUT2D eigenvalue weighted by molar-refractivity contribution is -0.142. The van der Waals surface area contributed by atoms with E-state index in [-0.39, 0.29) is 17.2 Å². The third-order valence-electron chi connectivity index (χ3n) is 1.44. The number of carbonyl (C=O) groups excluding carboxylic acids is 1. The number of aliphatic carboxylic acids is 1. The Bertz CT molecular complexity index is 440. The molecule has 0 amide bonds. The van der Waals surface area contributed by atoms with Crippen molar-refractivity contribution in [2.75, 3.05) is 12.3 Å². The number of nitrogen functional groups attached to an aromatic ring is 1. The van der Waals surface area contributed by atoms with E-state index >= 15 is 0 Å². The molecule has 1 heterocycles. The third-order valence-corrected chi connectivity index (χ3v) is 2.12.